The summed E-state index contributed by atoms with van der Waals surface area (Å²) in [6.45, 7) is 8.63. The highest BCUT2D eigenvalue weighted by Crippen LogP contribution is 2.15. The fourth-order valence-electron chi connectivity index (χ4n) is 2.48. The number of hydrogen-bond donors (Lipinski definition) is 0. The van der Waals surface area contributed by atoms with Gasteiger partial charge in [-0.1, -0.05) is 6.92 Å². The third-order valence-corrected chi connectivity index (χ3v) is 3.66. The molecule has 1 fully saturated rings. The Labute approximate surface area is 134 Å². The van der Waals surface area contributed by atoms with Gasteiger partial charge < -0.3 is 28.6 Å². The first-order chi connectivity index (χ1) is 10.5. The van der Waals surface area contributed by atoms with E-state index in [0.29, 0.717) is 26.4 Å². The van der Waals surface area contributed by atoms with Gasteiger partial charge in [-0.3, -0.25) is 0 Å². The molecule has 0 unspecified atom stereocenters. The average molecular weight is 319 g/mol. The zero-order valence-corrected chi connectivity index (χ0v) is 14.5. The molecule has 6 heteroatoms. The lowest BCUT2D eigenvalue weighted by molar-refractivity contribution is -0.897. The monoisotopic (exact) mass is 319 g/mol. The maximum Gasteiger partial charge on any atom is 0.0786 e. The Kier molecular flexibility index (Phi) is 13.5. The summed E-state index contributed by atoms with van der Waals surface area (Å²) < 4.78 is 16.1. The minimum absolute atomic E-state index is 0.0714. The summed E-state index contributed by atoms with van der Waals surface area (Å²) in [5.41, 5.74) is 0. The summed E-state index contributed by atoms with van der Waals surface area (Å²) in [5.74, 6) is -1.10. The number of aliphatic carboxylic acids is 1. The Balaban J connectivity index is 0.000000425. The van der Waals surface area contributed by atoms with Gasteiger partial charge in [-0.05, 0) is 6.42 Å². The number of likely N-dealkylation sites (tertiary alicyclic amines) is 1. The maximum absolute atomic E-state index is 9.93. The summed E-state index contributed by atoms with van der Waals surface area (Å²) >= 11 is 0. The maximum atomic E-state index is 9.93. The van der Waals surface area contributed by atoms with Gasteiger partial charge in [0.2, 0.25) is 0 Å². The van der Waals surface area contributed by atoms with E-state index in [0.717, 1.165) is 0 Å². The van der Waals surface area contributed by atoms with Crippen LogP contribution in [0.25, 0.3) is 0 Å². The normalized spacial score (nSPS) is 16.1. The van der Waals surface area contributed by atoms with Crippen LogP contribution in [0, 0.1) is 0 Å². The molecule has 0 atom stereocenters. The van der Waals surface area contributed by atoms with Crippen LogP contribution in [-0.4, -0.2) is 77.3 Å². The van der Waals surface area contributed by atoms with E-state index in [1.54, 1.807) is 7.11 Å². The van der Waals surface area contributed by atoms with Crippen molar-refractivity contribution in [1.29, 1.82) is 0 Å². The second-order valence-corrected chi connectivity index (χ2v) is 5.84. The highest BCUT2D eigenvalue weighted by atomic mass is 16.5. The van der Waals surface area contributed by atoms with Gasteiger partial charge in [0, 0.05) is 32.3 Å². The predicted octanol–water partition coefficient (Wildman–Crippen LogP) is 0.443. The number of carbonyl (C=O) groups is 1. The van der Waals surface area contributed by atoms with Crippen molar-refractivity contribution >= 4 is 5.97 Å². The number of rotatable bonds is 11. The standard InChI is InChI=1S/C8H18N.C8H16O5/c1-3-6-9(2)7-4-5-8-9;1-11-4-5-13-7-6-12-3-2-8(9)10/h3-8H2,1-2H3;2-7H2,1H3,(H,9,10)/q+1;/p-1. The lowest BCUT2D eigenvalue weighted by Crippen LogP contribution is -2.41. The number of ether oxygens (including phenoxy) is 3. The van der Waals surface area contributed by atoms with E-state index in [4.69, 9.17) is 14.2 Å². The molecule has 0 aromatic carbocycles. The number of carboxylic acid groups (broad SMARTS) is 1. The molecular formula is C16H33NO5. The summed E-state index contributed by atoms with van der Waals surface area (Å²) in [6, 6.07) is 0. The van der Waals surface area contributed by atoms with Crippen molar-refractivity contribution in [1.82, 2.24) is 0 Å². The Bertz CT molecular complexity index is 267. The Morgan fingerprint density at radius 1 is 1.05 bits per heavy atom. The quantitative estimate of drug-likeness (QED) is 0.408. The van der Waals surface area contributed by atoms with E-state index in [1.807, 2.05) is 0 Å². The highest BCUT2D eigenvalue weighted by molar-refractivity contribution is 5.64. The van der Waals surface area contributed by atoms with Crippen LogP contribution >= 0.6 is 0 Å². The molecule has 1 aliphatic heterocycles. The summed E-state index contributed by atoms with van der Waals surface area (Å²) in [4.78, 5) is 9.93. The third-order valence-electron chi connectivity index (χ3n) is 3.66. The van der Waals surface area contributed by atoms with Gasteiger partial charge in [-0.2, -0.15) is 0 Å². The first-order valence-corrected chi connectivity index (χ1v) is 8.22. The van der Waals surface area contributed by atoms with Gasteiger partial charge in [0.15, 0.2) is 0 Å². The van der Waals surface area contributed by atoms with Crippen molar-refractivity contribution in [3.63, 3.8) is 0 Å². The van der Waals surface area contributed by atoms with E-state index >= 15 is 0 Å². The van der Waals surface area contributed by atoms with Gasteiger partial charge >= 0.3 is 0 Å². The van der Waals surface area contributed by atoms with Crippen molar-refractivity contribution in [3.8, 4) is 0 Å². The SMILES string of the molecule is CCC[N+]1(C)CCCC1.COCCOCCOCCC(=O)[O-]. The fourth-order valence-corrected chi connectivity index (χ4v) is 2.48. The van der Waals surface area contributed by atoms with E-state index in [-0.39, 0.29) is 13.0 Å². The molecule has 1 rings (SSSR count). The summed E-state index contributed by atoms with van der Waals surface area (Å²) in [5, 5.41) is 9.93. The van der Waals surface area contributed by atoms with Gasteiger partial charge in [-0.25, -0.2) is 0 Å². The van der Waals surface area contributed by atoms with E-state index in [2.05, 4.69) is 14.0 Å². The molecule has 22 heavy (non-hydrogen) atoms. The largest absolute Gasteiger partial charge is 0.550 e. The molecule has 0 amide bonds. The molecule has 0 bridgehead atoms. The van der Waals surface area contributed by atoms with Gasteiger partial charge in [0.05, 0.1) is 59.7 Å². The van der Waals surface area contributed by atoms with Crippen molar-refractivity contribution < 1.29 is 28.6 Å². The molecule has 0 aliphatic carbocycles. The minimum Gasteiger partial charge on any atom is -0.550 e. The van der Waals surface area contributed by atoms with E-state index in [9.17, 15) is 9.90 Å². The lowest BCUT2D eigenvalue weighted by Gasteiger charge is -2.28. The van der Waals surface area contributed by atoms with Crippen LogP contribution in [0.2, 0.25) is 0 Å². The van der Waals surface area contributed by atoms with E-state index < -0.39 is 5.97 Å². The molecule has 0 aromatic heterocycles. The van der Waals surface area contributed by atoms with E-state index in [1.165, 1.54) is 43.4 Å². The minimum atomic E-state index is -1.10. The molecule has 0 aromatic rings. The molecule has 0 radical (unpaired) electrons. The van der Waals surface area contributed by atoms with Crippen LogP contribution in [0.15, 0.2) is 0 Å². The van der Waals surface area contributed by atoms with Crippen LogP contribution in [0.1, 0.15) is 32.6 Å². The third kappa shape index (κ3) is 13.0. The fraction of sp³-hybridized carbons (Fsp3) is 0.938. The summed E-state index contributed by atoms with van der Waals surface area (Å²) in [6.07, 6.45) is 4.18. The molecule has 1 saturated heterocycles. The van der Waals surface area contributed by atoms with Crippen molar-refractivity contribution in [2.24, 2.45) is 0 Å². The van der Waals surface area contributed by atoms with Crippen molar-refractivity contribution in [2.45, 2.75) is 32.6 Å². The van der Waals surface area contributed by atoms with Crippen molar-refractivity contribution in [3.05, 3.63) is 0 Å². The van der Waals surface area contributed by atoms with Gasteiger partial charge in [-0.15, -0.1) is 0 Å². The second kappa shape index (κ2) is 13.9. The summed E-state index contributed by atoms with van der Waals surface area (Å²) in [7, 11) is 3.98. The number of carboxylic acids is 1. The number of methoxy groups -OCH3 is 1. The first-order valence-electron chi connectivity index (χ1n) is 8.22. The molecule has 1 aliphatic rings. The number of hydrogen-bond acceptors (Lipinski definition) is 5. The molecule has 0 spiro atoms. The molecule has 132 valence electrons. The Morgan fingerprint density at radius 3 is 2.09 bits per heavy atom. The smallest absolute Gasteiger partial charge is 0.0786 e. The van der Waals surface area contributed by atoms with Crippen LogP contribution in [0.4, 0.5) is 0 Å². The number of nitrogens with zero attached hydrogens (tertiary/aromatic N) is 1. The van der Waals surface area contributed by atoms with Crippen LogP contribution in [0.3, 0.4) is 0 Å². The topological polar surface area (TPSA) is 67.8 Å². The van der Waals surface area contributed by atoms with Gasteiger partial charge in [0.25, 0.3) is 0 Å². The van der Waals surface area contributed by atoms with Crippen molar-refractivity contribution in [2.75, 3.05) is 66.8 Å². The first kappa shape index (κ1) is 21.3. The highest BCUT2D eigenvalue weighted by Gasteiger charge is 2.24. The Hall–Kier alpha value is -0.690. The molecule has 1 heterocycles. The Morgan fingerprint density at radius 2 is 1.59 bits per heavy atom. The van der Waals surface area contributed by atoms with Crippen LogP contribution in [-0.2, 0) is 19.0 Å². The molecule has 0 saturated carbocycles. The lowest BCUT2D eigenvalue weighted by atomic mass is 10.4. The predicted molar refractivity (Wildman–Crippen MR) is 83.4 cm³/mol. The van der Waals surface area contributed by atoms with Gasteiger partial charge in [0.1, 0.15) is 0 Å². The van der Waals surface area contributed by atoms with Crippen LogP contribution < -0.4 is 5.11 Å². The average Bonchev–Trinajstić information content (AvgIpc) is 2.89. The second-order valence-electron chi connectivity index (χ2n) is 5.84. The zero-order valence-electron chi connectivity index (χ0n) is 14.5. The molecular weight excluding hydrogens is 286 g/mol. The molecule has 6 nitrogen and oxygen atoms in total. The van der Waals surface area contributed by atoms with Crippen LogP contribution in [0.5, 0.6) is 0 Å². The number of carbonyl (C=O) groups excluding carboxylic acids is 1. The molecule has 0 N–H and O–H groups in total. The number of quaternary nitrogens is 1. The zero-order chi connectivity index (χ0) is 16.7.